The molecule has 0 radical (unpaired) electrons. The Labute approximate surface area is 129 Å². The van der Waals surface area contributed by atoms with Crippen LogP contribution in [0, 0.1) is 5.41 Å². The Balaban J connectivity index is 2.35. The maximum Gasteiger partial charge on any atom is 0.224 e. The highest BCUT2D eigenvalue weighted by atomic mass is 16.3. The van der Waals surface area contributed by atoms with Gasteiger partial charge in [-0.1, -0.05) is 20.8 Å². The predicted octanol–water partition coefficient (Wildman–Crippen LogP) is 1.06. The molecule has 1 saturated heterocycles. The summed E-state index contributed by atoms with van der Waals surface area (Å²) in [6, 6.07) is -0.0631. The fraction of sp³-hybridized carbons (Fsp3) is 0.938. The molecule has 1 unspecified atom stereocenters. The molecule has 0 aliphatic carbocycles. The summed E-state index contributed by atoms with van der Waals surface area (Å²) in [5.41, 5.74) is 5.57. The molecule has 0 aromatic carbocycles. The van der Waals surface area contributed by atoms with E-state index in [-0.39, 0.29) is 17.4 Å². The lowest BCUT2D eigenvalue weighted by Gasteiger charge is -2.37. The summed E-state index contributed by atoms with van der Waals surface area (Å²) < 4.78 is 0. The number of amides is 1. The van der Waals surface area contributed by atoms with Gasteiger partial charge in [-0.2, -0.15) is 0 Å². The third-order valence-corrected chi connectivity index (χ3v) is 3.65. The van der Waals surface area contributed by atoms with Gasteiger partial charge in [0.1, 0.15) is 0 Å². The molecule has 0 spiro atoms. The third-order valence-electron chi connectivity index (χ3n) is 3.65. The van der Waals surface area contributed by atoms with Crippen LogP contribution >= 0.6 is 0 Å². The van der Waals surface area contributed by atoms with E-state index in [0.717, 1.165) is 32.6 Å². The van der Waals surface area contributed by atoms with Gasteiger partial charge in [0.15, 0.2) is 0 Å². The van der Waals surface area contributed by atoms with Crippen molar-refractivity contribution in [2.45, 2.75) is 59.1 Å². The largest absolute Gasteiger partial charge is 0.389 e. The molecule has 21 heavy (non-hydrogen) atoms. The minimum atomic E-state index is -0.679. The van der Waals surface area contributed by atoms with Crippen molar-refractivity contribution in [1.29, 1.82) is 0 Å². The van der Waals surface area contributed by atoms with Gasteiger partial charge >= 0.3 is 0 Å². The van der Waals surface area contributed by atoms with Crippen molar-refractivity contribution >= 4 is 5.91 Å². The number of hydrogen-bond donors (Lipinski definition) is 2. The van der Waals surface area contributed by atoms with E-state index in [1.807, 2.05) is 18.7 Å². The fourth-order valence-electron chi connectivity index (χ4n) is 2.91. The summed E-state index contributed by atoms with van der Waals surface area (Å²) in [6.07, 6.45) is 1.29. The van der Waals surface area contributed by atoms with Crippen molar-refractivity contribution in [3.05, 3.63) is 0 Å². The lowest BCUT2D eigenvalue weighted by molar-refractivity contribution is -0.133. The average Bonchev–Trinajstić information content (AvgIpc) is 2.24. The second-order valence-corrected chi connectivity index (χ2v) is 8.20. The van der Waals surface area contributed by atoms with Gasteiger partial charge in [0.25, 0.3) is 0 Å². The number of nitrogens with zero attached hydrogens (tertiary/aromatic N) is 2. The topological polar surface area (TPSA) is 69.8 Å². The van der Waals surface area contributed by atoms with E-state index in [4.69, 9.17) is 5.73 Å². The van der Waals surface area contributed by atoms with Gasteiger partial charge in [-0.15, -0.1) is 0 Å². The molecule has 1 atom stereocenters. The SMILES string of the molecule is CC(C)(C)CC(N)CC(=O)N1CCN(CC(C)(C)O)CC1. The molecule has 1 heterocycles. The smallest absolute Gasteiger partial charge is 0.224 e. The first kappa shape index (κ1) is 18.4. The minimum Gasteiger partial charge on any atom is -0.389 e. The number of β-amino-alcohol motifs (C(OH)–C–C–N with tert-alkyl or cyclic N) is 1. The summed E-state index contributed by atoms with van der Waals surface area (Å²) in [7, 11) is 0. The minimum absolute atomic E-state index is 0.0631. The van der Waals surface area contributed by atoms with E-state index < -0.39 is 5.60 Å². The maximum absolute atomic E-state index is 12.3. The Hall–Kier alpha value is -0.650. The van der Waals surface area contributed by atoms with Gasteiger partial charge in [-0.3, -0.25) is 9.69 Å². The molecule has 1 aliphatic rings. The van der Waals surface area contributed by atoms with E-state index in [1.54, 1.807) is 0 Å². The van der Waals surface area contributed by atoms with Crippen LogP contribution in [0.5, 0.6) is 0 Å². The van der Waals surface area contributed by atoms with Crippen LogP contribution in [-0.2, 0) is 4.79 Å². The highest BCUT2D eigenvalue weighted by Crippen LogP contribution is 2.21. The summed E-state index contributed by atoms with van der Waals surface area (Å²) in [6.45, 7) is 13.8. The molecule has 1 fully saturated rings. The van der Waals surface area contributed by atoms with E-state index in [1.165, 1.54) is 0 Å². The summed E-state index contributed by atoms with van der Waals surface area (Å²) in [4.78, 5) is 16.4. The van der Waals surface area contributed by atoms with Gasteiger partial charge in [-0.05, 0) is 25.7 Å². The van der Waals surface area contributed by atoms with Crippen molar-refractivity contribution in [2.24, 2.45) is 11.1 Å². The number of carbonyl (C=O) groups excluding carboxylic acids is 1. The summed E-state index contributed by atoms with van der Waals surface area (Å²) in [5.74, 6) is 0.162. The second-order valence-electron chi connectivity index (χ2n) is 8.20. The van der Waals surface area contributed by atoms with Crippen LogP contribution in [0.2, 0.25) is 0 Å². The zero-order chi connectivity index (χ0) is 16.3. The first-order valence-electron chi connectivity index (χ1n) is 7.94. The molecule has 5 heteroatoms. The molecule has 0 aromatic rings. The number of carbonyl (C=O) groups is 1. The molecular weight excluding hydrogens is 266 g/mol. The molecule has 124 valence electrons. The van der Waals surface area contributed by atoms with Crippen molar-refractivity contribution in [3.63, 3.8) is 0 Å². The number of hydrogen-bond acceptors (Lipinski definition) is 4. The fourth-order valence-corrected chi connectivity index (χ4v) is 2.91. The van der Waals surface area contributed by atoms with Crippen LogP contribution in [0.1, 0.15) is 47.5 Å². The van der Waals surface area contributed by atoms with E-state index in [2.05, 4.69) is 25.7 Å². The highest BCUT2D eigenvalue weighted by molar-refractivity contribution is 5.76. The average molecular weight is 299 g/mol. The lowest BCUT2D eigenvalue weighted by atomic mass is 9.87. The lowest BCUT2D eigenvalue weighted by Crippen LogP contribution is -2.52. The molecule has 1 rings (SSSR count). The van der Waals surface area contributed by atoms with E-state index in [0.29, 0.717) is 13.0 Å². The van der Waals surface area contributed by atoms with Crippen molar-refractivity contribution in [1.82, 2.24) is 9.80 Å². The first-order valence-corrected chi connectivity index (χ1v) is 7.94. The molecule has 0 aromatic heterocycles. The Bertz CT molecular complexity index is 336. The van der Waals surface area contributed by atoms with Gasteiger partial charge in [0, 0.05) is 45.2 Å². The number of rotatable bonds is 5. The van der Waals surface area contributed by atoms with Crippen LogP contribution in [-0.4, -0.2) is 65.2 Å². The van der Waals surface area contributed by atoms with E-state index >= 15 is 0 Å². The Kier molecular flexibility index (Phi) is 6.20. The zero-order valence-electron chi connectivity index (χ0n) is 14.4. The van der Waals surface area contributed by atoms with Crippen molar-refractivity contribution in [3.8, 4) is 0 Å². The van der Waals surface area contributed by atoms with Crippen LogP contribution in [0.4, 0.5) is 0 Å². The van der Waals surface area contributed by atoms with Gasteiger partial charge in [-0.25, -0.2) is 0 Å². The number of nitrogens with two attached hydrogens (primary N) is 1. The monoisotopic (exact) mass is 299 g/mol. The maximum atomic E-state index is 12.3. The molecular formula is C16H33N3O2. The van der Waals surface area contributed by atoms with Crippen molar-refractivity contribution < 1.29 is 9.90 Å². The predicted molar refractivity (Wildman–Crippen MR) is 86.0 cm³/mol. The van der Waals surface area contributed by atoms with Crippen LogP contribution in [0.3, 0.4) is 0 Å². The standard InChI is InChI=1S/C16H33N3O2/c1-15(2,3)11-13(17)10-14(20)19-8-6-18(7-9-19)12-16(4,5)21/h13,21H,6-12,17H2,1-5H3. The normalized spacial score (nSPS) is 19.7. The molecule has 3 N–H and O–H groups in total. The molecule has 0 saturated carbocycles. The summed E-state index contributed by atoms with van der Waals surface area (Å²) >= 11 is 0. The molecule has 1 amide bonds. The van der Waals surface area contributed by atoms with Crippen molar-refractivity contribution in [2.75, 3.05) is 32.7 Å². The zero-order valence-corrected chi connectivity index (χ0v) is 14.4. The Morgan fingerprint density at radius 1 is 1.14 bits per heavy atom. The molecule has 0 bridgehead atoms. The van der Waals surface area contributed by atoms with Crippen LogP contribution in [0.25, 0.3) is 0 Å². The summed E-state index contributed by atoms with van der Waals surface area (Å²) in [5, 5.41) is 9.83. The second kappa shape index (κ2) is 7.07. The first-order chi connectivity index (χ1) is 9.46. The van der Waals surface area contributed by atoms with E-state index in [9.17, 15) is 9.90 Å². The third kappa shape index (κ3) is 7.79. The molecule has 1 aliphatic heterocycles. The van der Waals surface area contributed by atoms with Gasteiger partial charge in [0.2, 0.25) is 5.91 Å². The number of piperazine rings is 1. The van der Waals surface area contributed by atoms with Crippen LogP contribution in [0.15, 0.2) is 0 Å². The Morgan fingerprint density at radius 3 is 2.10 bits per heavy atom. The Morgan fingerprint density at radius 2 is 1.67 bits per heavy atom. The number of aliphatic hydroxyl groups is 1. The quantitative estimate of drug-likeness (QED) is 0.796. The van der Waals surface area contributed by atoms with Crippen LogP contribution < -0.4 is 5.73 Å². The highest BCUT2D eigenvalue weighted by Gasteiger charge is 2.26. The van der Waals surface area contributed by atoms with Gasteiger partial charge < -0.3 is 15.7 Å². The molecule has 5 nitrogen and oxygen atoms in total. The van der Waals surface area contributed by atoms with Gasteiger partial charge in [0.05, 0.1) is 5.60 Å².